The summed E-state index contributed by atoms with van der Waals surface area (Å²) < 4.78 is 5.36. The van der Waals surface area contributed by atoms with E-state index in [1.165, 1.54) is 5.56 Å². The quantitative estimate of drug-likeness (QED) is 0.892. The molecule has 0 saturated carbocycles. The average Bonchev–Trinajstić information content (AvgIpc) is 2.64. The predicted molar refractivity (Wildman–Crippen MR) is 70.1 cm³/mol. The minimum absolute atomic E-state index is 0.187. The van der Waals surface area contributed by atoms with Gasteiger partial charge in [-0.25, -0.2) is 0 Å². The first kappa shape index (κ1) is 12.8. The van der Waals surface area contributed by atoms with Crippen molar-refractivity contribution in [1.29, 1.82) is 0 Å². The minimum Gasteiger partial charge on any atom is -0.379 e. The van der Waals surface area contributed by atoms with Gasteiger partial charge in [0.25, 0.3) is 0 Å². The Labute approximate surface area is 107 Å². The van der Waals surface area contributed by atoms with Crippen LogP contribution < -0.4 is 5.73 Å². The number of hydrogen-bond donors (Lipinski definition) is 1. The molecule has 0 aliphatic carbocycles. The molecule has 0 radical (unpaired) electrons. The van der Waals surface area contributed by atoms with Crippen molar-refractivity contribution in [1.82, 2.24) is 4.90 Å². The van der Waals surface area contributed by atoms with Crippen molar-refractivity contribution in [2.45, 2.75) is 18.5 Å². The third-order valence-electron chi connectivity index (χ3n) is 3.06. The molecule has 1 unspecified atom stereocenters. The fourth-order valence-corrected chi connectivity index (χ4v) is 2.50. The van der Waals surface area contributed by atoms with Crippen LogP contribution in [0.15, 0.2) is 24.3 Å². The van der Waals surface area contributed by atoms with Gasteiger partial charge in [-0.2, -0.15) is 0 Å². The van der Waals surface area contributed by atoms with E-state index in [9.17, 15) is 0 Å². The highest BCUT2D eigenvalue weighted by Crippen LogP contribution is 2.18. The summed E-state index contributed by atoms with van der Waals surface area (Å²) in [6.07, 6.45) is 0.937. The van der Waals surface area contributed by atoms with Crippen molar-refractivity contribution < 1.29 is 4.74 Å². The van der Waals surface area contributed by atoms with Crippen LogP contribution in [0.2, 0.25) is 5.02 Å². The zero-order valence-electron chi connectivity index (χ0n) is 10.2. The van der Waals surface area contributed by atoms with Gasteiger partial charge in [0.15, 0.2) is 0 Å². The van der Waals surface area contributed by atoms with Gasteiger partial charge in [0, 0.05) is 24.7 Å². The Morgan fingerprint density at radius 2 is 2.35 bits per heavy atom. The molecule has 94 valence electrons. The molecule has 1 aromatic carbocycles. The smallest absolute Gasteiger partial charge is 0.0659 e. The summed E-state index contributed by atoms with van der Waals surface area (Å²) in [5, 5.41) is 0.780. The van der Waals surface area contributed by atoms with Gasteiger partial charge in [0.05, 0.1) is 12.1 Å². The molecule has 4 heteroatoms. The second-order valence-electron chi connectivity index (χ2n) is 4.97. The van der Waals surface area contributed by atoms with Crippen LogP contribution in [0.5, 0.6) is 0 Å². The van der Waals surface area contributed by atoms with Crippen molar-refractivity contribution in [3.8, 4) is 0 Å². The first-order valence-corrected chi connectivity index (χ1v) is 6.25. The maximum atomic E-state index is 6.25. The number of ether oxygens (including phenoxy) is 1. The summed E-state index contributed by atoms with van der Waals surface area (Å²) in [6.45, 7) is 3.15. The molecule has 1 aromatic rings. The van der Waals surface area contributed by atoms with Gasteiger partial charge in [-0.15, -0.1) is 0 Å². The third kappa shape index (κ3) is 3.68. The third-order valence-corrected chi connectivity index (χ3v) is 3.30. The molecular formula is C13H19ClN2O. The highest BCUT2D eigenvalue weighted by Gasteiger charge is 2.31. The monoisotopic (exact) mass is 254 g/mol. The maximum Gasteiger partial charge on any atom is 0.0659 e. The van der Waals surface area contributed by atoms with Crippen molar-refractivity contribution in [3.63, 3.8) is 0 Å². The van der Waals surface area contributed by atoms with Gasteiger partial charge >= 0.3 is 0 Å². The van der Waals surface area contributed by atoms with E-state index in [2.05, 4.69) is 18.0 Å². The predicted octanol–water partition coefficient (Wildman–Crippen LogP) is 1.89. The van der Waals surface area contributed by atoms with E-state index in [0.29, 0.717) is 6.61 Å². The van der Waals surface area contributed by atoms with E-state index < -0.39 is 0 Å². The van der Waals surface area contributed by atoms with Crippen LogP contribution >= 0.6 is 11.6 Å². The molecule has 1 saturated heterocycles. The standard InChI is InChI=1S/C13H19ClN2O/c1-16(9-13(15)5-6-17-10-13)8-11-3-2-4-12(14)7-11/h2-4,7H,5-6,8-10,15H2,1H3. The van der Waals surface area contributed by atoms with Gasteiger partial charge in [0.2, 0.25) is 0 Å². The highest BCUT2D eigenvalue weighted by molar-refractivity contribution is 6.30. The molecule has 1 heterocycles. The molecule has 0 aromatic heterocycles. The van der Waals surface area contributed by atoms with E-state index in [0.717, 1.165) is 31.1 Å². The summed E-state index contributed by atoms with van der Waals surface area (Å²) in [5.41, 5.74) is 7.27. The van der Waals surface area contributed by atoms with E-state index in [-0.39, 0.29) is 5.54 Å². The van der Waals surface area contributed by atoms with Crippen LogP contribution in [-0.4, -0.2) is 37.2 Å². The summed E-state index contributed by atoms with van der Waals surface area (Å²) in [6, 6.07) is 7.94. The van der Waals surface area contributed by atoms with Crippen molar-refractivity contribution >= 4 is 11.6 Å². The Kier molecular flexibility index (Phi) is 4.05. The molecule has 0 spiro atoms. The van der Waals surface area contributed by atoms with Crippen LogP contribution in [0.1, 0.15) is 12.0 Å². The first-order chi connectivity index (χ1) is 8.07. The first-order valence-electron chi connectivity index (χ1n) is 5.87. The Bertz CT molecular complexity index is 377. The fraction of sp³-hybridized carbons (Fsp3) is 0.538. The van der Waals surface area contributed by atoms with Gasteiger partial charge in [-0.3, -0.25) is 0 Å². The van der Waals surface area contributed by atoms with Crippen LogP contribution in [0.4, 0.5) is 0 Å². The van der Waals surface area contributed by atoms with Crippen LogP contribution in [-0.2, 0) is 11.3 Å². The number of benzene rings is 1. The molecule has 2 rings (SSSR count). The lowest BCUT2D eigenvalue weighted by molar-refractivity contribution is 0.159. The van der Waals surface area contributed by atoms with E-state index in [1.54, 1.807) is 0 Å². The fourth-order valence-electron chi connectivity index (χ4n) is 2.29. The average molecular weight is 255 g/mol. The second-order valence-corrected chi connectivity index (χ2v) is 5.40. The van der Waals surface area contributed by atoms with Crippen molar-refractivity contribution in [3.05, 3.63) is 34.9 Å². The molecule has 17 heavy (non-hydrogen) atoms. The van der Waals surface area contributed by atoms with Crippen LogP contribution in [0.3, 0.4) is 0 Å². The summed E-state index contributed by atoms with van der Waals surface area (Å²) >= 11 is 5.96. The number of likely N-dealkylation sites (N-methyl/N-ethyl adjacent to an activating group) is 1. The normalized spacial score (nSPS) is 24.5. The number of halogens is 1. The lowest BCUT2D eigenvalue weighted by atomic mass is 9.99. The zero-order valence-corrected chi connectivity index (χ0v) is 10.9. The molecule has 3 nitrogen and oxygen atoms in total. The summed E-state index contributed by atoms with van der Waals surface area (Å²) in [7, 11) is 2.08. The molecule has 1 atom stereocenters. The Morgan fingerprint density at radius 1 is 1.53 bits per heavy atom. The Balaban J connectivity index is 1.90. The number of hydrogen-bond acceptors (Lipinski definition) is 3. The Hall–Kier alpha value is -0.610. The lowest BCUT2D eigenvalue weighted by Crippen LogP contribution is -2.49. The van der Waals surface area contributed by atoms with Gasteiger partial charge < -0.3 is 15.4 Å². The topological polar surface area (TPSA) is 38.5 Å². The largest absolute Gasteiger partial charge is 0.379 e. The molecule has 0 bridgehead atoms. The minimum atomic E-state index is -0.187. The number of nitrogens with two attached hydrogens (primary N) is 1. The zero-order chi connectivity index (χ0) is 12.3. The van der Waals surface area contributed by atoms with Gasteiger partial charge in [-0.1, -0.05) is 23.7 Å². The van der Waals surface area contributed by atoms with Crippen LogP contribution in [0, 0.1) is 0 Å². The Morgan fingerprint density at radius 3 is 3.00 bits per heavy atom. The second kappa shape index (κ2) is 5.36. The molecular weight excluding hydrogens is 236 g/mol. The van der Waals surface area contributed by atoms with Crippen LogP contribution in [0.25, 0.3) is 0 Å². The lowest BCUT2D eigenvalue weighted by Gasteiger charge is -2.28. The molecule has 1 aliphatic rings. The molecule has 2 N–H and O–H groups in total. The van der Waals surface area contributed by atoms with Crippen molar-refractivity contribution in [2.75, 3.05) is 26.8 Å². The SMILES string of the molecule is CN(Cc1cccc(Cl)c1)CC1(N)CCOC1. The molecule has 1 fully saturated rings. The molecule has 1 aliphatic heterocycles. The molecule has 0 amide bonds. The van der Waals surface area contributed by atoms with Crippen molar-refractivity contribution in [2.24, 2.45) is 5.73 Å². The number of nitrogens with zero attached hydrogens (tertiary/aromatic N) is 1. The van der Waals surface area contributed by atoms with Gasteiger partial charge in [0.1, 0.15) is 0 Å². The summed E-state index contributed by atoms with van der Waals surface area (Å²) in [4.78, 5) is 2.22. The van der Waals surface area contributed by atoms with E-state index >= 15 is 0 Å². The van der Waals surface area contributed by atoms with E-state index in [4.69, 9.17) is 22.1 Å². The number of rotatable bonds is 4. The van der Waals surface area contributed by atoms with E-state index in [1.807, 2.05) is 18.2 Å². The highest BCUT2D eigenvalue weighted by atomic mass is 35.5. The summed E-state index contributed by atoms with van der Waals surface area (Å²) in [5.74, 6) is 0. The van der Waals surface area contributed by atoms with Gasteiger partial charge in [-0.05, 0) is 31.2 Å². The maximum absolute atomic E-state index is 6.25.